The van der Waals surface area contributed by atoms with Crippen molar-refractivity contribution in [3.8, 4) is 0 Å². The molecule has 0 atom stereocenters. The number of anilines is 2. The van der Waals surface area contributed by atoms with Crippen molar-refractivity contribution in [3.63, 3.8) is 0 Å². The smallest absolute Gasteiger partial charge is 0.263 e. The molecule has 0 spiro atoms. The van der Waals surface area contributed by atoms with Gasteiger partial charge in [-0.1, -0.05) is 19.9 Å². The van der Waals surface area contributed by atoms with Gasteiger partial charge in [0.1, 0.15) is 4.88 Å². The SMILES string of the molecule is C=CCNC(=O)c1sc(NCCCN(CC)CC)cc1N. The fourth-order valence-electron chi connectivity index (χ4n) is 1.97. The summed E-state index contributed by atoms with van der Waals surface area (Å²) in [5, 5.41) is 7.01. The molecule has 0 bridgehead atoms. The summed E-state index contributed by atoms with van der Waals surface area (Å²) in [4.78, 5) is 14.8. The van der Waals surface area contributed by atoms with E-state index in [0.717, 1.165) is 37.6 Å². The van der Waals surface area contributed by atoms with E-state index < -0.39 is 0 Å². The predicted octanol–water partition coefficient (Wildman–Crippen LogP) is 2.39. The summed E-state index contributed by atoms with van der Waals surface area (Å²) >= 11 is 1.39. The molecule has 1 amide bonds. The predicted molar refractivity (Wildman–Crippen MR) is 92.2 cm³/mol. The van der Waals surface area contributed by atoms with Crippen LogP contribution in [0.3, 0.4) is 0 Å². The van der Waals surface area contributed by atoms with Crippen LogP contribution in [-0.2, 0) is 0 Å². The van der Waals surface area contributed by atoms with Crippen molar-refractivity contribution in [3.05, 3.63) is 23.6 Å². The highest BCUT2D eigenvalue weighted by Gasteiger charge is 2.13. The molecule has 0 aliphatic carbocycles. The number of amides is 1. The van der Waals surface area contributed by atoms with Crippen LogP contribution in [0.25, 0.3) is 0 Å². The maximum absolute atomic E-state index is 11.9. The first-order valence-corrected chi connectivity index (χ1v) is 8.18. The van der Waals surface area contributed by atoms with Crippen molar-refractivity contribution in [1.29, 1.82) is 0 Å². The Kier molecular flexibility index (Phi) is 7.85. The van der Waals surface area contributed by atoms with Crippen LogP contribution in [0.4, 0.5) is 10.7 Å². The number of hydrogen-bond donors (Lipinski definition) is 3. The van der Waals surface area contributed by atoms with E-state index >= 15 is 0 Å². The summed E-state index contributed by atoms with van der Waals surface area (Å²) in [6, 6.07) is 1.82. The van der Waals surface area contributed by atoms with Crippen LogP contribution < -0.4 is 16.4 Å². The van der Waals surface area contributed by atoms with Crippen molar-refractivity contribution in [2.24, 2.45) is 0 Å². The zero-order valence-corrected chi connectivity index (χ0v) is 13.8. The third kappa shape index (κ3) is 5.77. The molecule has 118 valence electrons. The summed E-state index contributed by atoms with van der Waals surface area (Å²) in [6.07, 6.45) is 2.71. The molecule has 0 fully saturated rings. The Bertz CT molecular complexity index is 455. The van der Waals surface area contributed by atoms with Crippen LogP contribution in [0.2, 0.25) is 0 Å². The highest BCUT2D eigenvalue weighted by molar-refractivity contribution is 7.18. The highest BCUT2D eigenvalue weighted by atomic mass is 32.1. The van der Waals surface area contributed by atoms with Gasteiger partial charge in [-0.25, -0.2) is 0 Å². The molecule has 1 rings (SSSR count). The van der Waals surface area contributed by atoms with Gasteiger partial charge in [0.25, 0.3) is 5.91 Å². The number of carbonyl (C=O) groups excluding carboxylic acids is 1. The first-order chi connectivity index (χ1) is 10.1. The van der Waals surface area contributed by atoms with Gasteiger partial charge >= 0.3 is 0 Å². The zero-order chi connectivity index (χ0) is 15.7. The van der Waals surface area contributed by atoms with E-state index in [0.29, 0.717) is 17.1 Å². The molecule has 4 N–H and O–H groups in total. The molecule has 0 aromatic carbocycles. The molecule has 21 heavy (non-hydrogen) atoms. The van der Waals surface area contributed by atoms with E-state index in [1.54, 1.807) is 6.08 Å². The van der Waals surface area contributed by atoms with Crippen LogP contribution in [0, 0.1) is 0 Å². The maximum Gasteiger partial charge on any atom is 0.263 e. The fourth-order valence-corrected chi connectivity index (χ4v) is 2.89. The molecule has 0 saturated carbocycles. The number of rotatable bonds is 10. The highest BCUT2D eigenvalue weighted by Crippen LogP contribution is 2.28. The number of nitrogens with one attached hydrogen (secondary N) is 2. The molecule has 1 heterocycles. The average molecular weight is 310 g/mol. The second-order valence-corrected chi connectivity index (χ2v) is 5.75. The van der Waals surface area contributed by atoms with Gasteiger partial charge < -0.3 is 21.3 Å². The Morgan fingerprint density at radius 2 is 2.19 bits per heavy atom. The quantitative estimate of drug-likeness (QED) is 0.458. The van der Waals surface area contributed by atoms with Crippen molar-refractivity contribution in [1.82, 2.24) is 10.2 Å². The van der Waals surface area contributed by atoms with Crippen molar-refractivity contribution < 1.29 is 4.79 Å². The molecule has 1 aromatic heterocycles. The van der Waals surface area contributed by atoms with Crippen LogP contribution in [0.15, 0.2) is 18.7 Å². The summed E-state index contributed by atoms with van der Waals surface area (Å²) < 4.78 is 0. The van der Waals surface area contributed by atoms with Crippen molar-refractivity contribution >= 4 is 27.9 Å². The third-order valence-electron chi connectivity index (χ3n) is 3.22. The second kappa shape index (κ2) is 9.41. The average Bonchev–Trinajstić information content (AvgIpc) is 2.86. The van der Waals surface area contributed by atoms with E-state index in [-0.39, 0.29) is 5.91 Å². The summed E-state index contributed by atoms with van der Waals surface area (Å²) in [5.41, 5.74) is 6.41. The third-order valence-corrected chi connectivity index (χ3v) is 4.33. The van der Waals surface area contributed by atoms with E-state index in [9.17, 15) is 4.79 Å². The minimum absolute atomic E-state index is 0.145. The standard InChI is InChI=1S/C15H26N4OS/c1-4-8-18-15(20)14-12(16)11-13(21-14)17-9-7-10-19(5-2)6-3/h4,11,17H,1,5-10,16H2,2-3H3,(H,18,20). The molecular weight excluding hydrogens is 284 g/mol. The Morgan fingerprint density at radius 1 is 1.48 bits per heavy atom. The fraction of sp³-hybridized carbons (Fsp3) is 0.533. The zero-order valence-electron chi connectivity index (χ0n) is 12.9. The molecule has 5 nitrogen and oxygen atoms in total. The van der Waals surface area contributed by atoms with Crippen LogP contribution in [0.1, 0.15) is 29.9 Å². The van der Waals surface area contributed by atoms with Crippen LogP contribution in [0.5, 0.6) is 0 Å². The van der Waals surface area contributed by atoms with Crippen molar-refractivity contribution in [2.75, 3.05) is 43.8 Å². The molecular formula is C15H26N4OS. The molecule has 6 heteroatoms. The Labute approximate surface area is 131 Å². The molecule has 0 aliphatic heterocycles. The van der Waals surface area contributed by atoms with E-state index in [1.165, 1.54) is 11.3 Å². The topological polar surface area (TPSA) is 70.4 Å². The number of nitrogens with zero attached hydrogens (tertiary/aromatic N) is 1. The van der Waals surface area contributed by atoms with Gasteiger partial charge in [0.2, 0.25) is 0 Å². The van der Waals surface area contributed by atoms with E-state index in [2.05, 4.69) is 36.0 Å². The molecule has 0 saturated heterocycles. The summed E-state index contributed by atoms with van der Waals surface area (Å²) in [5.74, 6) is -0.145. The van der Waals surface area contributed by atoms with Crippen LogP contribution in [-0.4, -0.2) is 43.5 Å². The number of thiophene rings is 1. The molecule has 0 aliphatic rings. The molecule has 0 unspecified atom stereocenters. The Balaban J connectivity index is 2.43. The largest absolute Gasteiger partial charge is 0.397 e. The van der Waals surface area contributed by atoms with Crippen molar-refractivity contribution in [2.45, 2.75) is 20.3 Å². The van der Waals surface area contributed by atoms with Gasteiger partial charge in [-0.2, -0.15) is 0 Å². The summed E-state index contributed by atoms with van der Waals surface area (Å²) in [7, 11) is 0. The number of nitrogens with two attached hydrogens (primary N) is 1. The minimum atomic E-state index is -0.145. The van der Waals surface area contributed by atoms with Crippen LogP contribution >= 0.6 is 11.3 Å². The maximum atomic E-state index is 11.9. The van der Waals surface area contributed by atoms with Gasteiger partial charge in [0.05, 0.1) is 10.7 Å². The first-order valence-electron chi connectivity index (χ1n) is 7.36. The lowest BCUT2D eigenvalue weighted by molar-refractivity contribution is 0.0963. The lowest BCUT2D eigenvalue weighted by Gasteiger charge is -2.17. The van der Waals surface area contributed by atoms with Gasteiger partial charge in [-0.3, -0.25) is 4.79 Å². The lowest BCUT2D eigenvalue weighted by atomic mass is 10.3. The van der Waals surface area contributed by atoms with Gasteiger partial charge in [0.15, 0.2) is 0 Å². The van der Waals surface area contributed by atoms with E-state index in [4.69, 9.17) is 5.73 Å². The monoisotopic (exact) mass is 310 g/mol. The second-order valence-electron chi connectivity index (χ2n) is 4.70. The first kappa shape index (κ1) is 17.5. The Morgan fingerprint density at radius 3 is 2.81 bits per heavy atom. The normalized spacial score (nSPS) is 10.6. The summed E-state index contributed by atoms with van der Waals surface area (Å²) in [6.45, 7) is 12.5. The molecule has 1 aromatic rings. The minimum Gasteiger partial charge on any atom is -0.397 e. The number of carbonyl (C=O) groups is 1. The number of nitrogen functional groups attached to an aromatic ring is 1. The molecule has 0 radical (unpaired) electrons. The van der Waals surface area contributed by atoms with Gasteiger partial charge in [0, 0.05) is 13.1 Å². The van der Waals surface area contributed by atoms with Gasteiger partial charge in [-0.05, 0) is 32.1 Å². The lowest BCUT2D eigenvalue weighted by Crippen LogP contribution is -2.25. The van der Waals surface area contributed by atoms with Gasteiger partial charge in [-0.15, -0.1) is 17.9 Å². The van der Waals surface area contributed by atoms with E-state index in [1.807, 2.05) is 6.07 Å². The number of hydrogen-bond acceptors (Lipinski definition) is 5. The Hall–Kier alpha value is -1.53.